The summed E-state index contributed by atoms with van der Waals surface area (Å²) in [6.07, 6.45) is -7.33. The molecule has 2 aromatic carbocycles. The highest BCUT2D eigenvalue weighted by atomic mass is 79.9. The lowest BCUT2D eigenvalue weighted by Gasteiger charge is -2.28. The minimum absolute atomic E-state index is 0.0306. The summed E-state index contributed by atoms with van der Waals surface area (Å²) in [6, 6.07) is 9.09. The second-order valence-electron chi connectivity index (χ2n) is 5.90. The lowest BCUT2D eigenvalue weighted by atomic mass is 10.0. The molecule has 0 aliphatic rings. The SMILES string of the molecule is N#Cc1ccccc1Cc1c(Br)cc(Br)cc1S(=O)(=O)C(F)(F)C(F)(F)C(F)(F)F. The van der Waals surface area contributed by atoms with Gasteiger partial charge in [0.25, 0.3) is 9.84 Å². The number of hydrogen-bond acceptors (Lipinski definition) is 3. The lowest BCUT2D eigenvalue weighted by molar-refractivity contribution is -0.332. The van der Waals surface area contributed by atoms with Crippen molar-refractivity contribution in [1.29, 1.82) is 5.26 Å². The van der Waals surface area contributed by atoms with Crippen LogP contribution in [0.4, 0.5) is 30.7 Å². The minimum Gasteiger partial charge on any atom is -0.217 e. The number of benzene rings is 2. The Morgan fingerprint density at radius 3 is 2.07 bits per heavy atom. The van der Waals surface area contributed by atoms with Crippen LogP contribution in [0, 0.1) is 11.3 Å². The van der Waals surface area contributed by atoms with Gasteiger partial charge in [0, 0.05) is 15.4 Å². The van der Waals surface area contributed by atoms with Gasteiger partial charge < -0.3 is 0 Å². The molecule has 0 atom stereocenters. The molecular weight excluding hydrogens is 575 g/mol. The largest absolute Gasteiger partial charge is 0.461 e. The van der Waals surface area contributed by atoms with Crippen molar-refractivity contribution in [2.75, 3.05) is 0 Å². The van der Waals surface area contributed by atoms with Gasteiger partial charge in [0.05, 0.1) is 16.5 Å². The van der Waals surface area contributed by atoms with E-state index in [1.54, 1.807) is 6.07 Å². The van der Waals surface area contributed by atoms with Gasteiger partial charge >= 0.3 is 17.4 Å². The van der Waals surface area contributed by atoms with Crippen LogP contribution in [-0.4, -0.2) is 25.8 Å². The molecule has 0 bridgehead atoms. The average molecular weight is 583 g/mol. The fourth-order valence-corrected chi connectivity index (χ4v) is 5.60. The van der Waals surface area contributed by atoms with Gasteiger partial charge in [0.2, 0.25) is 0 Å². The summed E-state index contributed by atoms with van der Waals surface area (Å²) in [7, 11) is -6.54. The van der Waals surface area contributed by atoms with E-state index in [1.807, 2.05) is 0 Å². The molecule has 0 aliphatic carbocycles. The van der Waals surface area contributed by atoms with Crippen LogP contribution in [-0.2, 0) is 16.3 Å². The van der Waals surface area contributed by atoms with E-state index in [-0.39, 0.29) is 20.1 Å². The first-order valence-corrected chi connectivity index (χ1v) is 10.7. The van der Waals surface area contributed by atoms with E-state index >= 15 is 0 Å². The number of sulfone groups is 1. The average Bonchev–Trinajstić information content (AvgIpc) is 2.62. The molecule has 2 aromatic rings. The molecule has 0 saturated carbocycles. The fraction of sp³-hybridized carbons (Fsp3) is 0.235. The lowest BCUT2D eigenvalue weighted by Crippen LogP contribution is -2.56. The van der Waals surface area contributed by atoms with Crippen molar-refractivity contribution in [3.05, 3.63) is 62.0 Å². The van der Waals surface area contributed by atoms with Gasteiger partial charge in [0.1, 0.15) is 0 Å². The summed E-state index contributed by atoms with van der Waals surface area (Å²) in [5.74, 6) is -6.85. The minimum atomic E-state index is -6.85. The van der Waals surface area contributed by atoms with Crippen molar-refractivity contribution in [3.8, 4) is 6.07 Å². The Morgan fingerprint density at radius 1 is 0.967 bits per heavy atom. The molecule has 3 nitrogen and oxygen atoms in total. The topological polar surface area (TPSA) is 57.9 Å². The standard InChI is InChI=1S/C17H8Br2F7NO2S/c18-11-6-13(19)12(5-9-3-1-2-4-10(9)8-27)14(7-11)30(28,29)17(25,26)15(20,21)16(22,23)24/h1-4,6-7H,5H2. The van der Waals surface area contributed by atoms with Crippen LogP contribution in [0.1, 0.15) is 16.7 Å². The Labute approximate surface area is 182 Å². The second-order valence-corrected chi connectivity index (χ2v) is 9.63. The van der Waals surface area contributed by atoms with E-state index < -0.39 is 44.1 Å². The van der Waals surface area contributed by atoms with Crippen molar-refractivity contribution >= 4 is 41.7 Å². The predicted octanol–water partition coefficient (Wildman–Crippen LogP) is 6.24. The summed E-state index contributed by atoms with van der Waals surface area (Å²) < 4.78 is 117. The maximum absolute atomic E-state index is 14.1. The third-order valence-electron chi connectivity index (χ3n) is 3.97. The van der Waals surface area contributed by atoms with Crippen molar-refractivity contribution in [1.82, 2.24) is 0 Å². The summed E-state index contributed by atoms with van der Waals surface area (Å²) >= 11 is 5.73. The van der Waals surface area contributed by atoms with Gasteiger partial charge in [-0.3, -0.25) is 0 Å². The van der Waals surface area contributed by atoms with Gasteiger partial charge in [-0.25, -0.2) is 8.42 Å². The first kappa shape index (κ1) is 24.6. The molecule has 2 rings (SSSR count). The van der Waals surface area contributed by atoms with Crippen LogP contribution in [0.2, 0.25) is 0 Å². The molecule has 0 amide bonds. The van der Waals surface area contributed by atoms with Gasteiger partial charge in [-0.05, 0) is 29.3 Å². The zero-order valence-electron chi connectivity index (χ0n) is 14.2. The van der Waals surface area contributed by atoms with E-state index in [9.17, 15) is 39.2 Å². The molecule has 0 aliphatic heterocycles. The first-order valence-electron chi connectivity index (χ1n) is 7.61. The molecule has 0 radical (unpaired) electrons. The highest BCUT2D eigenvalue weighted by molar-refractivity contribution is 9.11. The van der Waals surface area contributed by atoms with E-state index in [4.69, 9.17) is 5.26 Å². The predicted molar refractivity (Wildman–Crippen MR) is 98.9 cm³/mol. The van der Waals surface area contributed by atoms with Gasteiger partial charge in [-0.15, -0.1) is 0 Å². The number of alkyl halides is 7. The molecule has 30 heavy (non-hydrogen) atoms. The monoisotopic (exact) mass is 581 g/mol. The number of nitriles is 1. The summed E-state index contributed by atoms with van der Waals surface area (Å²) in [6.45, 7) is 0. The van der Waals surface area contributed by atoms with Crippen molar-refractivity contribution in [3.63, 3.8) is 0 Å². The highest BCUT2D eigenvalue weighted by Gasteiger charge is 2.78. The maximum Gasteiger partial charge on any atom is 0.461 e. The molecular formula is C17H8Br2F7NO2S. The van der Waals surface area contributed by atoms with Crippen LogP contribution in [0.15, 0.2) is 50.2 Å². The van der Waals surface area contributed by atoms with Gasteiger partial charge in [0.15, 0.2) is 0 Å². The van der Waals surface area contributed by atoms with Crippen LogP contribution in [0.3, 0.4) is 0 Å². The molecule has 0 N–H and O–H groups in total. The normalized spacial score (nSPS) is 13.2. The number of rotatable bonds is 5. The van der Waals surface area contributed by atoms with Gasteiger partial charge in [-0.2, -0.15) is 36.0 Å². The third kappa shape index (κ3) is 4.09. The molecule has 0 aromatic heterocycles. The first-order chi connectivity index (χ1) is 13.6. The number of nitrogens with zero attached hydrogens (tertiary/aromatic N) is 1. The molecule has 13 heteroatoms. The quantitative estimate of drug-likeness (QED) is 0.392. The molecule has 0 heterocycles. The second kappa shape index (κ2) is 8.12. The van der Waals surface area contributed by atoms with E-state index in [0.717, 1.165) is 0 Å². The van der Waals surface area contributed by atoms with Crippen molar-refractivity contribution in [2.24, 2.45) is 0 Å². The molecule has 0 unspecified atom stereocenters. The maximum atomic E-state index is 14.1. The fourth-order valence-electron chi connectivity index (χ4n) is 2.44. The molecule has 162 valence electrons. The summed E-state index contributed by atoms with van der Waals surface area (Å²) in [5, 5.41) is 2.63. The molecule has 0 saturated heterocycles. The van der Waals surface area contributed by atoms with Crippen LogP contribution >= 0.6 is 31.9 Å². The van der Waals surface area contributed by atoms with Crippen LogP contribution < -0.4 is 0 Å². The van der Waals surface area contributed by atoms with Gasteiger partial charge in [-0.1, -0.05) is 50.1 Å². The number of hydrogen-bond donors (Lipinski definition) is 0. The Kier molecular flexibility index (Phi) is 6.67. The Hall–Kier alpha value is -1.65. The Balaban J connectivity index is 2.77. The molecule has 0 fully saturated rings. The summed E-state index contributed by atoms with van der Waals surface area (Å²) in [5.41, 5.74) is -0.341. The highest BCUT2D eigenvalue weighted by Crippen LogP contribution is 2.51. The Morgan fingerprint density at radius 2 is 1.53 bits per heavy atom. The van der Waals surface area contributed by atoms with E-state index in [0.29, 0.717) is 6.07 Å². The smallest absolute Gasteiger partial charge is 0.217 e. The molecule has 0 spiro atoms. The van der Waals surface area contributed by atoms with Crippen LogP contribution in [0.5, 0.6) is 0 Å². The summed E-state index contributed by atoms with van der Waals surface area (Å²) in [4.78, 5) is -1.44. The van der Waals surface area contributed by atoms with Crippen molar-refractivity contribution in [2.45, 2.75) is 28.7 Å². The number of halogens is 9. The van der Waals surface area contributed by atoms with Crippen molar-refractivity contribution < 1.29 is 39.2 Å². The van der Waals surface area contributed by atoms with E-state index in [1.165, 1.54) is 30.3 Å². The Bertz CT molecular complexity index is 1130. The zero-order valence-corrected chi connectivity index (χ0v) is 18.2. The van der Waals surface area contributed by atoms with E-state index in [2.05, 4.69) is 31.9 Å². The zero-order chi connectivity index (χ0) is 23.1. The van der Waals surface area contributed by atoms with Crippen LogP contribution in [0.25, 0.3) is 0 Å². The third-order valence-corrected chi connectivity index (χ3v) is 7.01.